The number of fused-ring (bicyclic) bond motifs is 2. The van der Waals surface area contributed by atoms with Gasteiger partial charge in [-0.3, -0.25) is 0 Å². The van der Waals surface area contributed by atoms with Crippen LogP contribution in [0.5, 0.6) is 23.0 Å². The fourth-order valence-corrected chi connectivity index (χ4v) is 6.94. The van der Waals surface area contributed by atoms with E-state index in [1.54, 1.807) is 19.1 Å². The number of hydrogen-bond acceptors (Lipinski definition) is 10. The zero-order valence-electron chi connectivity index (χ0n) is 26.5. The van der Waals surface area contributed by atoms with Crippen LogP contribution >= 0.6 is 0 Å². The van der Waals surface area contributed by atoms with E-state index >= 15 is 0 Å². The molecule has 0 amide bonds. The van der Waals surface area contributed by atoms with Crippen LogP contribution in [0, 0.1) is 5.92 Å². The van der Waals surface area contributed by atoms with E-state index in [4.69, 9.17) is 32.5 Å². The third-order valence-electron chi connectivity index (χ3n) is 8.67. The summed E-state index contributed by atoms with van der Waals surface area (Å²) in [5.41, 5.74) is -1.77. The van der Waals surface area contributed by atoms with Crippen LogP contribution in [0.2, 0.25) is 0 Å². The number of allylic oxidation sites excluding steroid dienone is 1. The standard InChI is InChI=1S/C34H33F3O10/c1-16(2)27-19(28-23(43-6)12-21(41-4)17-8-10-25(38)45-30(17)28)14-33(3,47-32(40)34(35,36)37)15-20(27)29-24(44-7)13-22(42-5)18-9-11-26(39)46-31(18)29/h8-13,19-20,27H,1,14-15H2,2-7H3/t19-,20+,27?,33?. The van der Waals surface area contributed by atoms with E-state index in [2.05, 4.69) is 6.58 Å². The number of alkyl halides is 3. The van der Waals surface area contributed by atoms with Crippen LogP contribution in [0.25, 0.3) is 21.9 Å². The monoisotopic (exact) mass is 658 g/mol. The lowest BCUT2D eigenvalue weighted by molar-refractivity contribution is -0.216. The molecule has 0 aliphatic heterocycles. The second-order valence-corrected chi connectivity index (χ2v) is 11.7. The van der Waals surface area contributed by atoms with Crippen molar-refractivity contribution in [2.24, 2.45) is 5.92 Å². The van der Waals surface area contributed by atoms with Gasteiger partial charge in [0.1, 0.15) is 39.8 Å². The molecule has 47 heavy (non-hydrogen) atoms. The quantitative estimate of drug-likeness (QED) is 0.115. The van der Waals surface area contributed by atoms with E-state index in [1.807, 2.05) is 0 Å². The number of rotatable bonds is 8. The van der Waals surface area contributed by atoms with Gasteiger partial charge in [0, 0.05) is 47.2 Å². The Labute approximate surface area is 266 Å². The molecule has 10 nitrogen and oxygen atoms in total. The maximum atomic E-state index is 13.7. The van der Waals surface area contributed by atoms with E-state index < -0.39 is 46.8 Å². The van der Waals surface area contributed by atoms with Crippen LogP contribution in [0.4, 0.5) is 13.2 Å². The van der Waals surface area contributed by atoms with Gasteiger partial charge in [-0.2, -0.15) is 13.2 Å². The predicted octanol–water partition coefficient (Wildman–Crippen LogP) is 6.65. The molecule has 5 rings (SSSR count). The van der Waals surface area contributed by atoms with Gasteiger partial charge in [-0.05, 0) is 44.7 Å². The Morgan fingerprint density at radius 2 is 1.19 bits per heavy atom. The molecule has 0 radical (unpaired) electrons. The fraction of sp³-hybridized carbons (Fsp3) is 0.382. The van der Waals surface area contributed by atoms with Gasteiger partial charge < -0.3 is 32.5 Å². The summed E-state index contributed by atoms with van der Waals surface area (Å²) in [6, 6.07) is 8.61. The first-order chi connectivity index (χ1) is 22.2. The molecule has 0 saturated heterocycles. The van der Waals surface area contributed by atoms with Gasteiger partial charge in [-0.1, -0.05) is 12.2 Å². The Hall–Kier alpha value is -4.94. The van der Waals surface area contributed by atoms with Crippen molar-refractivity contribution in [3.63, 3.8) is 0 Å². The van der Waals surface area contributed by atoms with Crippen molar-refractivity contribution in [1.82, 2.24) is 0 Å². The zero-order valence-corrected chi connectivity index (χ0v) is 26.5. The second-order valence-electron chi connectivity index (χ2n) is 11.7. The fourth-order valence-electron chi connectivity index (χ4n) is 6.94. The number of methoxy groups -OCH3 is 4. The highest BCUT2D eigenvalue weighted by atomic mass is 19.4. The minimum Gasteiger partial charge on any atom is -0.496 e. The summed E-state index contributed by atoms with van der Waals surface area (Å²) in [7, 11) is 5.63. The summed E-state index contributed by atoms with van der Waals surface area (Å²) in [5, 5.41) is 0.802. The van der Waals surface area contributed by atoms with Crippen LogP contribution in [0.3, 0.4) is 0 Å². The maximum absolute atomic E-state index is 13.7. The van der Waals surface area contributed by atoms with Crippen molar-refractivity contribution in [2.75, 3.05) is 28.4 Å². The van der Waals surface area contributed by atoms with Crippen LogP contribution in [-0.2, 0) is 9.53 Å². The van der Waals surface area contributed by atoms with E-state index in [-0.39, 0.29) is 35.5 Å². The van der Waals surface area contributed by atoms with Crippen molar-refractivity contribution >= 4 is 27.9 Å². The molecule has 1 aliphatic rings. The lowest BCUT2D eigenvalue weighted by Crippen LogP contribution is -2.46. The Morgan fingerprint density at radius 1 is 0.787 bits per heavy atom. The molecule has 2 unspecified atom stereocenters. The molecule has 0 bridgehead atoms. The number of carbonyl (C=O) groups is 1. The topological polar surface area (TPSA) is 124 Å². The molecule has 0 N–H and O–H groups in total. The van der Waals surface area contributed by atoms with Crippen LogP contribution in [0.1, 0.15) is 49.7 Å². The van der Waals surface area contributed by atoms with E-state index in [9.17, 15) is 27.6 Å². The predicted molar refractivity (Wildman–Crippen MR) is 165 cm³/mol. The van der Waals surface area contributed by atoms with Gasteiger partial charge in [0.05, 0.1) is 39.2 Å². The van der Waals surface area contributed by atoms with E-state index in [1.165, 1.54) is 59.6 Å². The number of esters is 1. The average molecular weight is 659 g/mol. The Balaban J connectivity index is 1.89. The number of hydrogen-bond donors (Lipinski definition) is 0. The molecule has 1 fully saturated rings. The molecule has 1 saturated carbocycles. The molecule has 0 spiro atoms. The minimum atomic E-state index is -5.28. The Kier molecular flexibility index (Phi) is 8.78. The molecule has 4 aromatic rings. The second kappa shape index (κ2) is 12.3. The summed E-state index contributed by atoms with van der Waals surface area (Å²) in [6.45, 7) is 7.39. The largest absolute Gasteiger partial charge is 0.496 e. The molecule has 2 heterocycles. The summed E-state index contributed by atoms with van der Waals surface area (Å²) >= 11 is 0. The van der Waals surface area contributed by atoms with Gasteiger partial charge in [0.15, 0.2) is 0 Å². The molecule has 1 aliphatic carbocycles. The van der Waals surface area contributed by atoms with Crippen LogP contribution in [-0.4, -0.2) is 46.2 Å². The van der Waals surface area contributed by atoms with Crippen LogP contribution < -0.4 is 30.2 Å². The third kappa shape index (κ3) is 6.01. The number of ether oxygens (including phenoxy) is 5. The van der Waals surface area contributed by atoms with Gasteiger partial charge in [-0.25, -0.2) is 14.4 Å². The maximum Gasteiger partial charge on any atom is 0.490 e. The first-order valence-electron chi connectivity index (χ1n) is 14.5. The van der Waals surface area contributed by atoms with Crippen molar-refractivity contribution in [2.45, 2.75) is 50.3 Å². The highest BCUT2D eigenvalue weighted by Gasteiger charge is 2.53. The minimum absolute atomic E-state index is 0.0770. The smallest absolute Gasteiger partial charge is 0.490 e. The van der Waals surface area contributed by atoms with Gasteiger partial charge in [-0.15, -0.1) is 0 Å². The highest BCUT2D eigenvalue weighted by molar-refractivity contribution is 5.90. The molecule has 13 heteroatoms. The van der Waals surface area contributed by atoms with Crippen molar-refractivity contribution < 1.29 is 50.5 Å². The molecule has 250 valence electrons. The van der Waals surface area contributed by atoms with E-state index in [0.717, 1.165) is 0 Å². The Bertz CT molecular complexity index is 1870. The zero-order chi connectivity index (χ0) is 34.4. The molecular formula is C34H33F3O10. The van der Waals surface area contributed by atoms with Gasteiger partial charge in [0.25, 0.3) is 0 Å². The lowest BCUT2D eigenvalue weighted by Gasteiger charge is -2.48. The van der Waals surface area contributed by atoms with E-state index in [0.29, 0.717) is 39.0 Å². The van der Waals surface area contributed by atoms with Crippen molar-refractivity contribution in [3.05, 3.63) is 80.5 Å². The summed E-state index contributed by atoms with van der Waals surface area (Å²) < 4.78 is 80.3. The number of benzene rings is 2. The van der Waals surface area contributed by atoms with Gasteiger partial charge in [0.2, 0.25) is 0 Å². The Morgan fingerprint density at radius 3 is 1.53 bits per heavy atom. The van der Waals surface area contributed by atoms with Crippen molar-refractivity contribution in [3.8, 4) is 23.0 Å². The normalized spacial score (nSPS) is 21.3. The van der Waals surface area contributed by atoms with Gasteiger partial charge >= 0.3 is 23.4 Å². The third-order valence-corrected chi connectivity index (χ3v) is 8.67. The molecular weight excluding hydrogens is 625 g/mol. The molecule has 2 aromatic carbocycles. The lowest BCUT2D eigenvalue weighted by atomic mass is 9.60. The van der Waals surface area contributed by atoms with Crippen LogP contribution in [0.15, 0.2) is 67.0 Å². The SMILES string of the molecule is C=C(C)C1[C@@H](c2c(OC)cc(OC)c3ccc(=O)oc23)CC(C)(OC(=O)C(F)(F)F)C[C@H]1c1c(OC)cc(OC)c2ccc(=O)oc12. The highest BCUT2D eigenvalue weighted by Crippen LogP contribution is 2.59. The average Bonchev–Trinajstić information content (AvgIpc) is 3.01. The molecule has 2 aromatic heterocycles. The number of carbonyl (C=O) groups excluding carboxylic acids is 1. The molecule has 4 atom stereocenters. The summed E-state index contributed by atoms with van der Waals surface area (Å²) in [4.78, 5) is 37.6. The van der Waals surface area contributed by atoms with Crippen molar-refractivity contribution in [1.29, 1.82) is 0 Å². The summed E-state index contributed by atoms with van der Waals surface area (Å²) in [5.74, 6) is -3.65. The number of halogens is 3. The first-order valence-corrected chi connectivity index (χ1v) is 14.5. The summed E-state index contributed by atoms with van der Waals surface area (Å²) in [6.07, 6.45) is -5.62. The first kappa shape index (κ1) is 33.4.